The molecule has 0 aromatic heterocycles. The quantitative estimate of drug-likeness (QED) is 0.881. The van der Waals surface area contributed by atoms with Crippen molar-refractivity contribution in [1.82, 2.24) is 0 Å². The van der Waals surface area contributed by atoms with E-state index in [1.54, 1.807) is 0 Å². The predicted octanol–water partition coefficient (Wildman–Crippen LogP) is 2.29. The molecule has 1 aromatic rings. The lowest BCUT2D eigenvalue weighted by molar-refractivity contribution is 0.0115. The van der Waals surface area contributed by atoms with Crippen molar-refractivity contribution in [2.24, 2.45) is 5.73 Å². The molecule has 78 valence electrons. The van der Waals surface area contributed by atoms with Crippen LogP contribution in [0.25, 0.3) is 0 Å². The molecule has 0 amide bonds. The first-order valence-electron chi connectivity index (χ1n) is 4.00. The number of hydrogen-bond acceptors (Lipinski definition) is 2. The molecule has 0 heterocycles. The van der Waals surface area contributed by atoms with Gasteiger partial charge in [-0.05, 0) is 33.6 Å². The second-order valence-corrected chi connectivity index (χ2v) is 3.88. The minimum Gasteiger partial charge on any atom is -0.507 e. The van der Waals surface area contributed by atoms with Gasteiger partial charge in [0.05, 0.1) is 11.0 Å². The van der Waals surface area contributed by atoms with Crippen LogP contribution in [-0.4, -0.2) is 17.6 Å². The molecule has 1 aromatic carbocycles. The minimum absolute atomic E-state index is 0.0322. The molecule has 0 saturated carbocycles. The van der Waals surface area contributed by atoms with Crippen molar-refractivity contribution in [2.45, 2.75) is 12.3 Å². The molecule has 1 rings (SSSR count). The fourth-order valence-electron chi connectivity index (χ4n) is 1.03. The zero-order valence-electron chi connectivity index (χ0n) is 7.30. The van der Waals surface area contributed by atoms with Gasteiger partial charge in [0.25, 0.3) is 5.92 Å². The topological polar surface area (TPSA) is 46.2 Å². The van der Waals surface area contributed by atoms with Crippen LogP contribution in [0.3, 0.4) is 0 Å². The van der Waals surface area contributed by atoms with E-state index in [-0.39, 0.29) is 5.75 Å². The van der Waals surface area contributed by atoms with Crippen LogP contribution >= 0.6 is 15.9 Å². The van der Waals surface area contributed by atoms with Crippen molar-refractivity contribution in [3.8, 4) is 5.75 Å². The number of phenolic OH excluding ortho intramolecular Hbond substituents is 1. The highest BCUT2D eigenvalue weighted by atomic mass is 79.9. The molecule has 0 saturated heterocycles. The number of alkyl halides is 2. The predicted molar refractivity (Wildman–Crippen MR) is 53.5 cm³/mol. The molecule has 5 heteroatoms. The minimum atomic E-state index is -2.89. The van der Waals surface area contributed by atoms with Gasteiger partial charge in [-0.25, -0.2) is 8.78 Å². The Bertz CT molecular complexity index is 331. The maximum atomic E-state index is 12.9. The Morgan fingerprint density at radius 3 is 2.57 bits per heavy atom. The third-order valence-corrected chi connectivity index (χ3v) is 2.41. The lowest BCUT2D eigenvalue weighted by atomic mass is 10.1. The van der Waals surface area contributed by atoms with E-state index in [2.05, 4.69) is 15.9 Å². The van der Waals surface area contributed by atoms with E-state index in [4.69, 9.17) is 10.8 Å². The standard InChI is InChI=1S/C9H10BrF2NO/c10-7-3-6(1-2-8(7)14)4-9(11,12)5-13/h1-3,14H,4-5,13H2. The summed E-state index contributed by atoms with van der Waals surface area (Å²) >= 11 is 3.05. The van der Waals surface area contributed by atoms with Crippen molar-refractivity contribution in [3.05, 3.63) is 28.2 Å². The van der Waals surface area contributed by atoms with Crippen LogP contribution in [0, 0.1) is 0 Å². The van der Waals surface area contributed by atoms with Crippen LogP contribution in [0.5, 0.6) is 5.75 Å². The van der Waals surface area contributed by atoms with Gasteiger partial charge >= 0.3 is 0 Å². The summed E-state index contributed by atoms with van der Waals surface area (Å²) in [5.41, 5.74) is 5.35. The Hall–Kier alpha value is -0.680. The van der Waals surface area contributed by atoms with E-state index in [0.29, 0.717) is 10.0 Å². The second kappa shape index (κ2) is 4.23. The van der Waals surface area contributed by atoms with Crippen molar-refractivity contribution in [2.75, 3.05) is 6.54 Å². The van der Waals surface area contributed by atoms with Crippen LogP contribution in [0.1, 0.15) is 5.56 Å². The smallest absolute Gasteiger partial charge is 0.264 e. The summed E-state index contributed by atoms with van der Waals surface area (Å²) in [6.07, 6.45) is -0.414. The van der Waals surface area contributed by atoms with Crippen LogP contribution in [0.2, 0.25) is 0 Å². The number of rotatable bonds is 3. The Morgan fingerprint density at radius 1 is 1.43 bits per heavy atom. The summed E-state index contributed by atoms with van der Waals surface area (Å²) in [6, 6.07) is 4.27. The van der Waals surface area contributed by atoms with Crippen LogP contribution in [-0.2, 0) is 6.42 Å². The van der Waals surface area contributed by atoms with Crippen LogP contribution < -0.4 is 5.73 Å². The van der Waals surface area contributed by atoms with E-state index in [9.17, 15) is 8.78 Å². The zero-order chi connectivity index (χ0) is 10.8. The molecular formula is C9H10BrF2NO. The van der Waals surface area contributed by atoms with E-state index < -0.39 is 18.9 Å². The third-order valence-electron chi connectivity index (χ3n) is 1.77. The monoisotopic (exact) mass is 265 g/mol. The highest BCUT2D eigenvalue weighted by Gasteiger charge is 2.27. The van der Waals surface area contributed by atoms with Gasteiger partial charge in [-0.1, -0.05) is 6.07 Å². The number of halogens is 3. The molecule has 0 fully saturated rings. The maximum absolute atomic E-state index is 12.9. The molecule has 14 heavy (non-hydrogen) atoms. The molecule has 0 aliphatic heterocycles. The molecule has 0 atom stereocenters. The van der Waals surface area contributed by atoms with Crippen molar-refractivity contribution in [1.29, 1.82) is 0 Å². The van der Waals surface area contributed by atoms with Crippen LogP contribution in [0.4, 0.5) is 8.78 Å². The van der Waals surface area contributed by atoms with Gasteiger partial charge in [0.2, 0.25) is 0 Å². The van der Waals surface area contributed by atoms with Gasteiger partial charge in [-0.3, -0.25) is 0 Å². The number of phenols is 1. The van der Waals surface area contributed by atoms with Gasteiger partial charge in [-0.15, -0.1) is 0 Å². The summed E-state index contributed by atoms with van der Waals surface area (Å²) in [5, 5.41) is 9.14. The molecule has 0 aliphatic rings. The zero-order valence-corrected chi connectivity index (χ0v) is 8.89. The number of benzene rings is 1. The van der Waals surface area contributed by atoms with Gasteiger partial charge < -0.3 is 10.8 Å². The van der Waals surface area contributed by atoms with E-state index in [1.165, 1.54) is 18.2 Å². The van der Waals surface area contributed by atoms with Crippen molar-refractivity contribution >= 4 is 15.9 Å². The molecule has 2 nitrogen and oxygen atoms in total. The van der Waals surface area contributed by atoms with Crippen molar-refractivity contribution in [3.63, 3.8) is 0 Å². The first-order valence-corrected chi connectivity index (χ1v) is 4.79. The molecule has 0 radical (unpaired) electrons. The SMILES string of the molecule is NCC(F)(F)Cc1ccc(O)c(Br)c1. The number of hydrogen-bond donors (Lipinski definition) is 2. The van der Waals surface area contributed by atoms with Crippen LogP contribution in [0.15, 0.2) is 22.7 Å². The fourth-order valence-corrected chi connectivity index (χ4v) is 1.46. The van der Waals surface area contributed by atoms with Gasteiger partial charge in [0.1, 0.15) is 5.75 Å². The molecule has 0 spiro atoms. The first kappa shape index (κ1) is 11.4. The van der Waals surface area contributed by atoms with Gasteiger partial charge in [0, 0.05) is 6.42 Å². The number of nitrogens with two attached hydrogens (primary N) is 1. The Balaban J connectivity index is 2.83. The lowest BCUT2D eigenvalue weighted by Gasteiger charge is -2.13. The summed E-state index contributed by atoms with van der Waals surface area (Å²) in [7, 11) is 0. The maximum Gasteiger partial charge on any atom is 0.264 e. The Kier molecular flexibility index (Phi) is 3.44. The molecule has 0 bridgehead atoms. The first-order chi connectivity index (χ1) is 6.44. The summed E-state index contributed by atoms with van der Waals surface area (Å²) < 4.78 is 26.1. The number of aromatic hydroxyl groups is 1. The highest BCUT2D eigenvalue weighted by molar-refractivity contribution is 9.10. The lowest BCUT2D eigenvalue weighted by Crippen LogP contribution is -2.30. The van der Waals surface area contributed by atoms with Gasteiger partial charge in [-0.2, -0.15) is 0 Å². The second-order valence-electron chi connectivity index (χ2n) is 3.02. The normalized spacial score (nSPS) is 11.7. The Labute approximate surface area is 88.9 Å². The van der Waals surface area contributed by atoms with Crippen molar-refractivity contribution < 1.29 is 13.9 Å². The molecule has 0 unspecified atom stereocenters. The summed E-state index contributed by atoms with van der Waals surface area (Å²) in [6.45, 7) is -0.675. The Morgan fingerprint density at radius 2 is 2.07 bits per heavy atom. The van der Waals surface area contributed by atoms with E-state index >= 15 is 0 Å². The molecule has 3 N–H and O–H groups in total. The average Bonchev–Trinajstić information content (AvgIpc) is 2.11. The fraction of sp³-hybridized carbons (Fsp3) is 0.333. The molecular weight excluding hydrogens is 256 g/mol. The highest BCUT2D eigenvalue weighted by Crippen LogP contribution is 2.27. The van der Waals surface area contributed by atoms with E-state index in [1.807, 2.05) is 0 Å². The third kappa shape index (κ3) is 2.92. The largest absolute Gasteiger partial charge is 0.507 e. The summed E-state index contributed by atoms with van der Waals surface area (Å²) in [4.78, 5) is 0. The average molecular weight is 266 g/mol. The van der Waals surface area contributed by atoms with Gasteiger partial charge in [0.15, 0.2) is 0 Å². The summed E-state index contributed by atoms with van der Waals surface area (Å²) in [5.74, 6) is -2.86. The van der Waals surface area contributed by atoms with E-state index in [0.717, 1.165) is 0 Å². The molecule has 0 aliphatic carbocycles.